The fraction of sp³-hybridized carbons (Fsp3) is 0.500. The molecule has 1 aromatic heterocycles. The van der Waals surface area contributed by atoms with E-state index in [0.29, 0.717) is 17.8 Å². The SMILES string of the molecule is Nc1ccnc(N2CCC3(CC2)C[C@@H](c2ccccc2)C(=O)N(C2CC2)C3)n1. The number of carbonyl (C=O) groups is 1. The zero-order valence-corrected chi connectivity index (χ0v) is 16.1. The van der Waals surface area contributed by atoms with Crippen molar-refractivity contribution < 1.29 is 4.79 Å². The Labute approximate surface area is 165 Å². The van der Waals surface area contributed by atoms with Crippen LogP contribution in [0.4, 0.5) is 11.8 Å². The average molecular weight is 377 g/mol. The number of hydrogen-bond donors (Lipinski definition) is 1. The smallest absolute Gasteiger partial charge is 0.230 e. The molecule has 5 rings (SSSR count). The Balaban J connectivity index is 1.37. The van der Waals surface area contributed by atoms with Crippen molar-refractivity contribution >= 4 is 17.7 Å². The summed E-state index contributed by atoms with van der Waals surface area (Å²) in [5.41, 5.74) is 7.19. The second kappa shape index (κ2) is 6.76. The minimum Gasteiger partial charge on any atom is -0.384 e. The first kappa shape index (κ1) is 17.5. The number of carbonyl (C=O) groups excluding carboxylic acids is 1. The van der Waals surface area contributed by atoms with E-state index in [4.69, 9.17) is 5.73 Å². The minimum atomic E-state index is -0.00859. The lowest BCUT2D eigenvalue weighted by Crippen LogP contribution is -2.54. The number of anilines is 2. The highest BCUT2D eigenvalue weighted by atomic mass is 16.2. The number of nitrogens with zero attached hydrogens (tertiary/aromatic N) is 4. The van der Waals surface area contributed by atoms with Gasteiger partial charge in [0.15, 0.2) is 0 Å². The van der Waals surface area contributed by atoms with Crippen LogP contribution in [0.15, 0.2) is 42.6 Å². The molecule has 6 heteroatoms. The van der Waals surface area contributed by atoms with E-state index < -0.39 is 0 Å². The van der Waals surface area contributed by atoms with Crippen molar-refractivity contribution in [1.82, 2.24) is 14.9 Å². The molecular weight excluding hydrogens is 350 g/mol. The molecule has 2 N–H and O–H groups in total. The van der Waals surface area contributed by atoms with Gasteiger partial charge in [0.25, 0.3) is 0 Å². The van der Waals surface area contributed by atoms with Gasteiger partial charge >= 0.3 is 0 Å². The number of likely N-dealkylation sites (tertiary alicyclic amines) is 1. The number of aromatic nitrogens is 2. The van der Waals surface area contributed by atoms with Gasteiger partial charge in [0, 0.05) is 31.9 Å². The molecule has 0 unspecified atom stereocenters. The van der Waals surface area contributed by atoms with Gasteiger partial charge in [0.2, 0.25) is 11.9 Å². The molecule has 0 bridgehead atoms. The van der Waals surface area contributed by atoms with Crippen LogP contribution < -0.4 is 10.6 Å². The summed E-state index contributed by atoms with van der Waals surface area (Å²) in [6.45, 7) is 2.74. The highest BCUT2D eigenvalue weighted by Gasteiger charge is 2.49. The van der Waals surface area contributed by atoms with Gasteiger partial charge in [-0.3, -0.25) is 4.79 Å². The molecule has 2 saturated heterocycles. The van der Waals surface area contributed by atoms with E-state index in [1.807, 2.05) is 18.2 Å². The van der Waals surface area contributed by atoms with Crippen molar-refractivity contribution in [3.8, 4) is 0 Å². The second-order valence-electron chi connectivity index (χ2n) is 8.63. The fourth-order valence-electron chi connectivity index (χ4n) is 4.92. The van der Waals surface area contributed by atoms with Crippen molar-refractivity contribution in [3.63, 3.8) is 0 Å². The number of hydrogen-bond acceptors (Lipinski definition) is 5. The molecule has 1 aliphatic carbocycles. The van der Waals surface area contributed by atoms with Crippen molar-refractivity contribution in [1.29, 1.82) is 0 Å². The van der Waals surface area contributed by atoms with Crippen molar-refractivity contribution in [2.45, 2.75) is 44.1 Å². The van der Waals surface area contributed by atoms with E-state index >= 15 is 0 Å². The standard InChI is InChI=1S/C22H27N5O/c23-19-8-11-24-21(25-19)26-12-9-22(10-13-26)14-18(16-4-2-1-3-5-16)20(28)27(15-22)17-6-7-17/h1-5,8,11,17-18H,6-7,9-10,12-15H2,(H2,23,24,25)/t18-/m0/s1. The molecule has 1 atom stereocenters. The summed E-state index contributed by atoms with van der Waals surface area (Å²) in [7, 11) is 0. The van der Waals surface area contributed by atoms with Gasteiger partial charge in [-0.1, -0.05) is 30.3 Å². The van der Waals surface area contributed by atoms with Crippen LogP contribution in [0.5, 0.6) is 0 Å². The molecule has 1 spiro atoms. The van der Waals surface area contributed by atoms with Crippen molar-refractivity contribution in [2.75, 3.05) is 30.3 Å². The number of rotatable bonds is 3. The maximum absolute atomic E-state index is 13.2. The Morgan fingerprint density at radius 3 is 2.50 bits per heavy atom. The summed E-state index contributed by atoms with van der Waals surface area (Å²) in [6, 6.07) is 12.5. The van der Waals surface area contributed by atoms with Gasteiger partial charge in [0.1, 0.15) is 5.82 Å². The van der Waals surface area contributed by atoms with Gasteiger partial charge < -0.3 is 15.5 Å². The van der Waals surface area contributed by atoms with Gasteiger partial charge in [-0.2, -0.15) is 4.98 Å². The summed E-state index contributed by atoms with van der Waals surface area (Å²) < 4.78 is 0. The van der Waals surface area contributed by atoms with Gasteiger partial charge in [-0.25, -0.2) is 4.98 Å². The molecule has 2 aliphatic heterocycles. The Morgan fingerprint density at radius 2 is 1.82 bits per heavy atom. The molecule has 3 heterocycles. The number of nitrogens with two attached hydrogens (primary N) is 1. The first-order chi connectivity index (χ1) is 13.6. The molecule has 3 aliphatic rings. The Morgan fingerprint density at radius 1 is 1.07 bits per heavy atom. The summed E-state index contributed by atoms with van der Waals surface area (Å²) in [6.07, 6.45) is 7.11. The van der Waals surface area contributed by atoms with E-state index in [1.54, 1.807) is 12.3 Å². The zero-order valence-electron chi connectivity index (χ0n) is 16.1. The zero-order chi connectivity index (χ0) is 19.1. The lowest BCUT2D eigenvalue weighted by Gasteiger charge is -2.50. The maximum Gasteiger partial charge on any atom is 0.230 e. The molecule has 1 amide bonds. The van der Waals surface area contributed by atoms with Crippen LogP contribution in [0.2, 0.25) is 0 Å². The largest absolute Gasteiger partial charge is 0.384 e. The lowest BCUT2D eigenvalue weighted by atomic mass is 9.67. The molecule has 3 fully saturated rings. The summed E-state index contributed by atoms with van der Waals surface area (Å²) in [4.78, 5) is 26.5. The predicted octanol–water partition coefficient (Wildman–Crippen LogP) is 2.82. The van der Waals surface area contributed by atoms with E-state index in [2.05, 4.69) is 31.9 Å². The van der Waals surface area contributed by atoms with Crippen LogP contribution in [0.1, 0.15) is 43.6 Å². The average Bonchev–Trinajstić information content (AvgIpc) is 3.56. The molecule has 2 aromatic rings. The Hall–Kier alpha value is -2.63. The number of benzene rings is 1. The fourth-order valence-corrected chi connectivity index (χ4v) is 4.92. The van der Waals surface area contributed by atoms with Crippen LogP contribution in [0.25, 0.3) is 0 Å². The predicted molar refractivity (Wildman–Crippen MR) is 109 cm³/mol. The van der Waals surface area contributed by atoms with Crippen LogP contribution >= 0.6 is 0 Å². The number of piperidine rings is 2. The quantitative estimate of drug-likeness (QED) is 0.890. The Bertz CT molecular complexity index is 858. The van der Waals surface area contributed by atoms with Crippen molar-refractivity contribution in [3.05, 3.63) is 48.2 Å². The number of amides is 1. The molecule has 146 valence electrons. The van der Waals surface area contributed by atoms with E-state index in [0.717, 1.165) is 57.7 Å². The molecular formula is C22H27N5O. The molecule has 28 heavy (non-hydrogen) atoms. The van der Waals surface area contributed by atoms with Crippen LogP contribution in [-0.2, 0) is 4.79 Å². The third-order valence-corrected chi connectivity index (χ3v) is 6.68. The third-order valence-electron chi connectivity index (χ3n) is 6.68. The Kier molecular flexibility index (Phi) is 4.22. The highest BCUT2D eigenvalue weighted by molar-refractivity contribution is 5.85. The van der Waals surface area contributed by atoms with Crippen LogP contribution in [-0.4, -0.2) is 46.5 Å². The second-order valence-corrected chi connectivity index (χ2v) is 8.63. The van der Waals surface area contributed by atoms with E-state index in [9.17, 15) is 4.79 Å². The molecule has 0 radical (unpaired) electrons. The summed E-state index contributed by atoms with van der Waals surface area (Å²) in [5, 5.41) is 0. The van der Waals surface area contributed by atoms with Crippen molar-refractivity contribution in [2.24, 2.45) is 5.41 Å². The molecule has 1 aromatic carbocycles. The van der Waals surface area contributed by atoms with Crippen LogP contribution in [0.3, 0.4) is 0 Å². The minimum absolute atomic E-state index is 0.00859. The first-order valence-corrected chi connectivity index (χ1v) is 10.3. The third kappa shape index (κ3) is 3.21. The normalized spacial score (nSPS) is 24.6. The van der Waals surface area contributed by atoms with Gasteiger partial charge in [-0.05, 0) is 49.1 Å². The van der Waals surface area contributed by atoms with E-state index in [-0.39, 0.29) is 11.3 Å². The highest BCUT2D eigenvalue weighted by Crippen LogP contribution is 2.48. The van der Waals surface area contributed by atoms with Gasteiger partial charge in [0.05, 0.1) is 5.92 Å². The maximum atomic E-state index is 13.2. The van der Waals surface area contributed by atoms with E-state index in [1.165, 1.54) is 5.56 Å². The first-order valence-electron chi connectivity index (χ1n) is 10.3. The lowest BCUT2D eigenvalue weighted by molar-refractivity contribution is -0.141. The monoisotopic (exact) mass is 377 g/mol. The summed E-state index contributed by atoms with van der Waals surface area (Å²) >= 11 is 0. The summed E-state index contributed by atoms with van der Waals surface area (Å²) in [5.74, 6) is 1.56. The molecule has 1 saturated carbocycles. The number of nitrogen functional groups attached to an aromatic ring is 1. The van der Waals surface area contributed by atoms with Crippen LogP contribution in [0, 0.1) is 5.41 Å². The van der Waals surface area contributed by atoms with Gasteiger partial charge in [-0.15, -0.1) is 0 Å². The topological polar surface area (TPSA) is 75.3 Å². The molecule has 6 nitrogen and oxygen atoms in total.